The van der Waals surface area contributed by atoms with E-state index < -0.39 is 12.2 Å². The van der Waals surface area contributed by atoms with Gasteiger partial charge in [-0.1, -0.05) is 54.6 Å². The third-order valence-corrected chi connectivity index (χ3v) is 3.11. The van der Waals surface area contributed by atoms with Crippen LogP contribution in [0.1, 0.15) is 16.7 Å². The first-order valence-corrected chi connectivity index (χ1v) is 7.15. The van der Waals surface area contributed by atoms with Crippen LogP contribution in [0.3, 0.4) is 0 Å². The fourth-order valence-corrected chi connectivity index (χ4v) is 1.89. The number of carbonyl (C=O) groups is 2. The summed E-state index contributed by atoms with van der Waals surface area (Å²) in [5.41, 5.74) is 7.94. The van der Waals surface area contributed by atoms with Crippen molar-refractivity contribution < 1.29 is 19.4 Å². The standard InChI is InChI=1S/C17H17N3O4/c18-15(14-8-6-12(7-9-14)10-19-16(21)22)20-17(23)24-11-13-4-2-1-3-5-13/h1-9,19H,10-11H2,(H,21,22)(H2,18,20,23). The molecule has 0 atom stereocenters. The molecule has 0 aliphatic rings. The van der Waals surface area contributed by atoms with Crippen molar-refractivity contribution in [2.24, 2.45) is 10.7 Å². The van der Waals surface area contributed by atoms with Gasteiger partial charge < -0.3 is 20.9 Å². The Labute approximate surface area is 138 Å². The zero-order chi connectivity index (χ0) is 17.4. The molecule has 0 unspecified atom stereocenters. The zero-order valence-corrected chi connectivity index (χ0v) is 12.8. The fraction of sp³-hybridized carbons (Fsp3) is 0.118. The molecule has 24 heavy (non-hydrogen) atoms. The number of aliphatic imine (C=N–C) groups is 1. The minimum Gasteiger partial charge on any atom is -0.465 e. The Bertz CT molecular complexity index is 727. The van der Waals surface area contributed by atoms with Gasteiger partial charge in [-0.05, 0) is 11.1 Å². The van der Waals surface area contributed by atoms with Gasteiger partial charge in [0.05, 0.1) is 0 Å². The minimum absolute atomic E-state index is 0.0332. The summed E-state index contributed by atoms with van der Waals surface area (Å²) in [5, 5.41) is 10.8. The van der Waals surface area contributed by atoms with Gasteiger partial charge >= 0.3 is 12.2 Å². The van der Waals surface area contributed by atoms with E-state index in [1.165, 1.54) is 0 Å². The number of amides is 2. The molecule has 0 bridgehead atoms. The lowest BCUT2D eigenvalue weighted by molar-refractivity contribution is 0.151. The smallest absolute Gasteiger partial charge is 0.435 e. The zero-order valence-electron chi connectivity index (χ0n) is 12.8. The largest absolute Gasteiger partial charge is 0.465 e. The van der Waals surface area contributed by atoms with Crippen molar-refractivity contribution in [3.05, 3.63) is 71.3 Å². The van der Waals surface area contributed by atoms with E-state index in [-0.39, 0.29) is 19.0 Å². The summed E-state index contributed by atoms with van der Waals surface area (Å²) in [6.45, 7) is 0.308. The van der Waals surface area contributed by atoms with E-state index in [1.54, 1.807) is 24.3 Å². The van der Waals surface area contributed by atoms with Crippen LogP contribution in [-0.4, -0.2) is 23.1 Å². The van der Waals surface area contributed by atoms with Gasteiger partial charge in [-0.15, -0.1) is 0 Å². The lowest BCUT2D eigenvalue weighted by Gasteiger charge is -2.05. The van der Waals surface area contributed by atoms with Crippen molar-refractivity contribution in [1.29, 1.82) is 0 Å². The molecule has 2 amide bonds. The minimum atomic E-state index is -1.10. The topological polar surface area (TPSA) is 114 Å². The van der Waals surface area contributed by atoms with Crippen molar-refractivity contribution in [1.82, 2.24) is 5.32 Å². The number of hydrogen-bond donors (Lipinski definition) is 3. The summed E-state index contributed by atoms with van der Waals surface area (Å²) in [5.74, 6) is 0.0332. The first-order chi connectivity index (χ1) is 11.5. The van der Waals surface area contributed by atoms with Crippen LogP contribution in [0.5, 0.6) is 0 Å². The highest BCUT2D eigenvalue weighted by atomic mass is 16.5. The maximum atomic E-state index is 11.7. The molecular weight excluding hydrogens is 310 g/mol. The third-order valence-electron chi connectivity index (χ3n) is 3.11. The lowest BCUT2D eigenvalue weighted by Crippen LogP contribution is -2.20. The molecule has 0 aromatic heterocycles. The third kappa shape index (κ3) is 5.45. The van der Waals surface area contributed by atoms with Crippen molar-refractivity contribution in [3.63, 3.8) is 0 Å². The number of carboxylic acid groups (broad SMARTS) is 1. The molecule has 0 spiro atoms. The van der Waals surface area contributed by atoms with Gasteiger partial charge in [0.25, 0.3) is 0 Å². The molecule has 2 aromatic carbocycles. The van der Waals surface area contributed by atoms with Crippen LogP contribution in [-0.2, 0) is 17.9 Å². The van der Waals surface area contributed by atoms with E-state index in [0.717, 1.165) is 11.1 Å². The van der Waals surface area contributed by atoms with E-state index in [9.17, 15) is 9.59 Å². The molecule has 0 saturated heterocycles. The second-order valence-corrected chi connectivity index (χ2v) is 4.89. The van der Waals surface area contributed by atoms with Crippen LogP contribution in [0.2, 0.25) is 0 Å². The number of nitrogens with one attached hydrogen (secondary N) is 1. The summed E-state index contributed by atoms with van der Waals surface area (Å²) in [7, 11) is 0. The van der Waals surface area contributed by atoms with E-state index >= 15 is 0 Å². The van der Waals surface area contributed by atoms with Gasteiger partial charge in [0.2, 0.25) is 0 Å². The average molecular weight is 327 g/mol. The molecule has 0 radical (unpaired) electrons. The molecule has 0 heterocycles. The number of nitrogens with zero attached hydrogens (tertiary/aromatic N) is 1. The monoisotopic (exact) mass is 327 g/mol. The maximum Gasteiger partial charge on any atom is 0.435 e. The van der Waals surface area contributed by atoms with Crippen LogP contribution >= 0.6 is 0 Å². The molecule has 0 fully saturated rings. The van der Waals surface area contributed by atoms with Crippen molar-refractivity contribution in [3.8, 4) is 0 Å². The lowest BCUT2D eigenvalue weighted by atomic mass is 10.1. The predicted molar refractivity (Wildman–Crippen MR) is 88.7 cm³/mol. The van der Waals surface area contributed by atoms with Crippen LogP contribution in [0.25, 0.3) is 0 Å². The highest BCUT2D eigenvalue weighted by molar-refractivity contribution is 6.02. The SMILES string of the molecule is NC(=NC(=O)OCc1ccccc1)c1ccc(CNC(=O)O)cc1. The molecule has 7 heteroatoms. The van der Waals surface area contributed by atoms with Crippen molar-refractivity contribution >= 4 is 18.0 Å². The van der Waals surface area contributed by atoms with Crippen LogP contribution in [0.4, 0.5) is 9.59 Å². The molecule has 124 valence electrons. The molecule has 0 aliphatic heterocycles. The van der Waals surface area contributed by atoms with E-state index in [1.807, 2.05) is 30.3 Å². The Morgan fingerprint density at radius 1 is 1.04 bits per heavy atom. The molecule has 2 rings (SSSR count). The Morgan fingerprint density at radius 2 is 1.71 bits per heavy atom. The van der Waals surface area contributed by atoms with Gasteiger partial charge in [0.1, 0.15) is 12.4 Å². The number of amidine groups is 1. The molecular formula is C17H17N3O4. The van der Waals surface area contributed by atoms with Crippen molar-refractivity contribution in [2.75, 3.05) is 0 Å². The normalized spacial score (nSPS) is 10.9. The summed E-state index contributed by atoms with van der Waals surface area (Å²) >= 11 is 0. The number of carbonyl (C=O) groups excluding carboxylic acids is 1. The van der Waals surface area contributed by atoms with Gasteiger partial charge in [0, 0.05) is 12.1 Å². The Morgan fingerprint density at radius 3 is 2.33 bits per heavy atom. The summed E-state index contributed by atoms with van der Waals surface area (Å²) in [4.78, 5) is 25.8. The van der Waals surface area contributed by atoms with Gasteiger partial charge in [-0.25, -0.2) is 9.59 Å². The Balaban J connectivity index is 1.91. The van der Waals surface area contributed by atoms with E-state index in [2.05, 4.69) is 10.3 Å². The van der Waals surface area contributed by atoms with Gasteiger partial charge in [-0.3, -0.25) is 0 Å². The first-order valence-electron chi connectivity index (χ1n) is 7.15. The van der Waals surface area contributed by atoms with E-state index in [4.69, 9.17) is 15.6 Å². The van der Waals surface area contributed by atoms with Crippen LogP contribution in [0.15, 0.2) is 59.6 Å². The maximum absolute atomic E-state index is 11.7. The first kappa shape index (κ1) is 17.0. The second kappa shape index (κ2) is 8.33. The second-order valence-electron chi connectivity index (χ2n) is 4.89. The van der Waals surface area contributed by atoms with Crippen LogP contribution < -0.4 is 11.1 Å². The summed E-state index contributed by atoms with van der Waals surface area (Å²) in [6.07, 6.45) is -1.87. The quantitative estimate of drug-likeness (QED) is 0.576. The molecule has 0 aliphatic carbocycles. The number of benzene rings is 2. The fourth-order valence-electron chi connectivity index (χ4n) is 1.89. The molecule has 0 saturated carbocycles. The number of ether oxygens (including phenoxy) is 1. The number of hydrogen-bond acceptors (Lipinski definition) is 3. The van der Waals surface area contributed by atoms with Gasteiger partial charge in [0.15, 0.2) is 0 Å². The summed E-state index contributed by atoms with van der Waals surface area (Å²) < 4.78 is 5.03. The van der Waals surface area contributed by atoms with Crippen LogP contribution in [0, 0.1) is 0 Å². The summed E-state index contributed by atoms with van der Waals surface area (Å²) in [6, 6.07) is 15.9. The molecule has 2 aromatic rings. The highest BCUT2D eigenvalue weighted by Gasteiger charge is 2.05. The number of nitrogens with two attached hydrogens (primary N) is 1. The molecule has 7 nitrogen and oxygen atoms in total. The van der Waals surface area contributed by atoms with Crippen molar-refractivity contribution in [2.45, 2.75) is 13.2 Å². The van der Waals surface area contributed by atoms with Gasteiger partial charge in [-0.2, -0.15) is 4.99 Å². The number of rotatable bonds is 5. The highest BCUT2D eigenvalue weighted by Crippen LogP contribution is 2.06. The van der Waals surface area contributed by atoms with E-state index in [0.29, 0.717) is 5.56 Å². The average Bonchev–Trinajstić information content (AvgIpc) is 2.59. The predicted octanol–water partition coefficient (Wildman–Crippen LogP) is 2.50. The Hall–Kier alpha value is -3.35. The molecule has 4 N–H and O–H groups in total. The Kier molecular flexibility index (Phi) is 5.90.